The van der Waals surface area contributed by atoms with Crippen molar-refractivity contribution in [3.63, 3.8) is 0 Å². The fourth-order valence-electron chi connectivity index (χ4n) is 2.14. The van der Waals surface area contributed by atoms with Crippen molar-refractivity contribution in [2.24, 2.45) is 0 Å². The van der Waals surface area contributed by atoms with Crippen molar-refractivity contribution in [3.8, 4) is 5.75 Å². The van der Waals surface area contributed by atoms with E-state index in [1.807, 2.05) is 0 Å². The van der Waals surface area contributed by atoms with Crippen molar-refractivity contribution in [3.05, 3.63) is 89.1 Å². The molecule has 24 heavy (non-hydrogen) atoms. The van der Waals surface area contributed by atoms with Crippen molar-refractivity contribution in [2.45, 2.75) is 6.92 Å². The average Bonchev–Trinajstić information content (AvgIpc) is 3.02. The number of rotatable bonds is 4. The number of hydrogen-bond donors (Lipinski definition) is 0. The summed E-state index contributed by atoms with van der Waals surface area (Å²) in [6.07, 6.45) is 0. The fraction of sp³-hybridized carbons (Fsp3) is 0.0526. The highest BCUT2D eigenvalue weighted by Crippen LogP contribution is 2.18. The van der Waals surface area contributed by atoms with E-state index in [0.29, 0.717) is 22.6 Å². The fourth-order valence-corrected chi connectivity index (χ4v) is 2.14. The van der Waals surface area contributed by atoms with E-state index in [2.05, 4.69) is 0 Å². The maximum absolute atomic E-state index is 12.9. The summed E-state index contributed by atoms with van der Waals surface area (Å²) in [7, 11) is 0. The summed E-state index contributed by atoms with van der Waals surface area (Å²) >= 11 is 0. The van der Waals surface area contributed by atoms with E-state index in [9.17, 15) is 14.0 Å². The maximum atomic E-state index is 12.9. The molecule has 1 aromatic heterocycles. The lowest BCUT2D eigenvalue weighted by Gasteiger charge is -2.04. The van der Waals surface area contributed by atoms with Crippen LogP contribution in [0.15, 0.2) is 65.1 Å². The molecule has 2 aromatic carbocycles. The smallest absolute Gasteiger partial charge is 0.379 e. The second kappa shape index (κ2) is 6.50. The van der Waals surface area contributed by atoms with Crippen LogP contribution in [0.5, 0.6) is 5.75 Å². The SMILES string of the molecule is Cc1ccc(C(=O)Oc2ccc(C(=O)c3ccc(F)cc3)cc2)o1. The first kappa shape index (κ1) is 15.7. The first-order valence-corrected chi connectivity index (χ1v) is 7.22. The molecule has 0 aliphatic heterocycles. The van der Waals surface area contributed by atoms with Gasteiger partial charge in [0.05, 0.1) is 0 Å². The van der Waals surface area contributed by atoms with Crippen LogP contribution in [-0.4, -0.2) is 11.8 Å². The Kier molecular flexibility index (Phi) is 4.24. The lowest BCUT2D eigenvalue weighted by atomic mass is 10.0. The number of furan rings is 1. The van der Waals surface area contributed by atoms with Gasteiger partial charge in [-0.3, -0.25) is 4.79 Å². The Balaban J connectivity index is 1.72. The highest BCUT2D eigenvalue weighted by Gasteiger charge is 2.14. The van der Waals surface area contributed by atoms with Gasteiger partial charge in [-0.05, 0) is 67.6 Å². The van der Waals surface area contributed by atoms with Gasteiger partial charge in [-0.1, -0.05) is 0 Å². The predicted molar refractivity (Wildman–Crippen MR) is 84.7 cm³/mol. The number of halogens is 1. The van der Waals surface area contributed by atoms with Gasteiger partial charge in [-0.25, -0.2) is 9.18 Å². The lowest BCUT2D eigenvalue weighted by Crippen LogP contribution is -2.07. The minimum absolute atomic E-state index is 0.110. The summed E-state index contributed by atoms with van der Waals surface area (Å²) in [5.74, 6) is -0.233. The summed E-state index contributed by atoms with van der Waals surface area (Å²) in [6, 6.07) is 14.6. The Labute approximate surface area is 137 Å². The molecule has 1 heterocycles. The van der Waals surface area contributed by atoms with Gasteiger partial charge in [0.2, 0.25) is 5.76 Å². The lowest BCUT2D eigenvalue weighted by molar-refractivity contribution is 0.0700. The van der Waals surface area contributed by atoms with Crippen LogP contribution in [0.2, 0.25) is 0 Å². The van der Waals surface area contributed by atoms with E-state index in [1.165, 1.54) is 42.5 Å². The molecule has 0 saturated carbocycles. The van der Waals surface area contributed by atoms with Crippen molar-refractivity contribution < 1.29 is 23.1 Å². The molecule has 0 aliphatic carbocycles. The van der Waals surface area contributed by atoms with Gasteiger partial charge in [-0.15, -0.1) is 0 Å². The van der Waals surface area contributed by atoms with Crippen LogP contribution >= 0.6 is 0 Å². The molecule has 0 aliphatic rings. The zero-order valence-corrected chi connectivity index (χ0v) is 12.8. The molecular weight excluding hydrogens is 311 g/mol. The summed E-state index contributed by atoms with van der Waals surface area (Å²) in [4.78, 5) is 24.2. The molecule has 3 rings (SSSR count). The molecule has 0 radical (unpaired) electrons. The largest absolute Gasteiger partial charge is 0.454 e. The molecule has 0 saturated heterocycles. The van der Waals surface area contributed by atoms with Crippen LogP contribution in [0.4, 0.5) is 4.39 Å². The molecule has 0 fully saturated rings. The Morgan fingerprint density at radius 3 is 2.00 bits per heavy atom. The summed E-state index contributed by atoms with van der Waals surface area (Å²) < 4.78 is 23.3. The van der Waals surface area contributed by atoms with Crippen LogP contribution in [0, 0.1) is 12.7 Å². The van der Waals surface area contributed by atoms with Crippen LogP contribution < -0.4 is 4.74 Å². The zero-order chi connectivity index (χ0) is 17.1. The molecule has 120 valence electrons. The number of hydrogen-bond acceptors (Lipinski definition) is 4. The van der Waals surface area contributed by atoms with Crippen molar-refractivity contribution in [1.82, 2.24) is 0 Å². The molecular formula is C19H13FO4. The third-order valence-corrected chi connectivity index (χ3v) is 3.38. The minimum atomic E-state index is -0.610. The van der Waals surface area contributed by atoms with Crippen LogP contribution in [0.25, 0.3) is 0 Å². The molecule has 0 bridgehead atoms. The van der Waals surface area contributed by atoms with Gasteiger partial charge in [0, 0.05) is 11.1 Å². The van der Waals surface area contributed by atoms with Crippen LogP contribution in [0.3, 0.4) is 0 Å². The average molecular weight is 324 g/mol. The van der Waals surface area contributed by atoms with E-state index in [-0.39, 0.29) is 11.5 Å². The minimum Gasteiger partial charge on any atom is -0.454 e. The predicted octanol–water partition coefficient (Wildman–Crippen LogP) is 4.18. The van der Waals surface area contributed by atoms with E-state index in [0.717, 1.165) is 0 Å². The van der Waals surface area contributed by atoms with E-state index < -0.39 is 11.8 Å². The first-order chi connectivity index (χ1) is 11.5. The molecule has 5 heteroatoms. The van der Waals surface area contributed by atoms with Gasteiger partial charge in [0.25, 0.3) is 0 Å². The highest BCUT2D eigenvalue weighted by atomic mass is 19.1. The summed E-state index contributed by atoms with van der Waals surface area (Å²) in [6.45, 7) is 1.73. The van der Waals surface area contributed by atoms with Crippen molar-refractivity contribution in [1.29, 1.82) is 0 Å². The summed E-state index contributed by atoms with van der Waals surface area (Å²) in [5.41, 5.74) is 0.794. The Bertz CT molecular complexity index is 876. The topological polar surface area (TPSA) is 56.5 Å². The highest BCUT2D eigenvalue weighted by molar-refractivity contribution is 6.09. The normalized spacial score (nSPS) is 10.4. The molecule has 3 aromatic rings. The summed E-state index contributed by atoms with van der Waals surface area (Å²) in [5, 5.41) is 0. The quantitative estimate of drug-likeness (QED) is 0.410. The maximum Gasteiger partial charge on any atom is 0.379 e. The standard InChI is InChI=1S/C19H13FO4/c1-12-2-11-17(23-12)19(22)24-16-9-5-14(6-10-16)18(21)13-3-7-15(20)8-4-13/h2-11H,1H3. The van der Waals surface area contributed by atoms with E-state index in [1.54, 1.807) is 25.1 Å². The Morgan fingerprint density at radius 1 is 0.875 bits per heavy atom. The number of benzene rings is 2. The Morgan fingerprint density at radius 2 is 1.46 bits per heavy atom. The number of carbonyl (C=O) groups excluding carboxylic acids is 2. The first-order valence-electron chi connectivity index (χ1n) is 7.22. The number of carbonyl (C=O) groups is 2. The third kappa shape index (κ3) is 3.41. The number of ketones is 1. The van der Waals surface area contributed by atoms with E-state index >= 15 is 0 Å². The second-order valence-electron chi connectivity index (χ2n) is 5.16. The molecule has 0 spiro atoms. The second-order valence-corrected chi connectivity index (χ2v) is 5.16. The van der Waals surface area contributed by atoms with Gasteiger partial charge in [0.15, 0.2) is 5.78 Å². The number of esters is 1. The van der Waals surface area contributed by atoms with E-state index in [4.69, 9.17) is 9.15 Å². The van der Waals surface area contributed by atoms with Gasteiger partial charge >= 0.3 is 5.97 Å². The van der Waals surface area contributed by atoms with Crippen LogP contribution in [0.1, 0.15) is 32.2 Å². The zero-order valence-electron chi connectivity index (χ0n) is 12.8. The number of aryl methyl sites for hydroxylation is 1. The van der Waals surface area contributed by atoms with Crippen molar-refractivity contribution >= 4 is 11.8 Å². The molecule has 0 N–H and O–H groups in total. The number of ether oxygens (including phenoxy) is 1. The molecule has 0 atom stereocenters. The molecule has 0 amide bonds. The van der Waals surface area contributed by atoms with Gasteiger partial charge in [0.1, 0.15) is 17.3 Å². The third-order valence-electron chi connectivity index (χ3n) is 3.38. The van der Waals surface area contributed by atoms with Crippen LogP contribution in [-0.2, 0) is 0 Å². The molecule has 4 nitrogen and oxygen atoms in total. The van der Waals surface area contributed by atoms with Crippen molar-refractivity contribution in [2.75, 3.05) is 0 Å². The van der Waals surface area contributed by atoms with Gasteiger partial charge in [-0.2, -0.15) is 0 Å². The Hall–Kier alpha value is -3.21. The van der Waals surface area contributed by atoms with Gasteiger partial charge < -0.3 is 9.15 Å². The molecule has 0 unspecified atom stereocenters. The monoisotopic (exact) mass is 324 g/mol.